The first-order valence-electron chi connectivity index (χ1n) is 4.73. The van der Waals surface area contributed by atoms with Crippen LogP contribution in [0.1, 0.15) is 19.8 Å². The van der Waals surface area contributed by atoms with Gasteiger partial charge in [0.25, 0.3) is 0 Å². The van der Waals surface area contributed by atoms with Crippen LogP contribution in [0.2, 0.25) is 0 Å². The molecule has 1 rings (SSSR count). The Labute approximate surface area is 78.4 Å². The molecule has 0 aromatic heterocycles. The highest BCUT2D eigenvalue weighted by Gasteiger charge is 2.26. The van der Waals surface area contributed by atoms with Gasteiger partial charge in [-0.1, -0.05) is 0 Å². The molecule has 1 saturated heterocycles. The van der Waals surface area contributed by atoms with Crippen molar-refractivity contribution in [1.29, 1.82) is 0 Å². The van der Waals surface area contributed by atoms with Crippen molar-refractivity contribution >= 4 is 5.97 Å². The molecule has 0 saturated carbocycles. The summed E-state index contributed by atoms with van der Waals surface area (Å²) in [6.45, 7) is 3.44. The molecule has 1 fully saturated rings. The Hall–Kier alpha value is -0.610. The van der Waals surface area contributed by atoms with E-state index in [1.165, 1.54) is 0 Å². The lowest BCUT2D eigenvalue weighted by Crippen LogP contribution is -2.18. The lowest BCUT2D eigenvalue weighted by molar-refractivity contribution is -0.144. The van der Waals surface area contributed by atoms with Crippen LogP contribution < -0.4 is 5.73 Å². The Morgan fingerprint density at radius 2 is 2.46 bits per heavy atom. The van der Waals surface area contributed by atoms with E-state index < -0.39 is 0 Å². The van der Waals surface area contributed by atoms with E-state index in [0.29, 0.717) is 32.1 Å². The topological polar surface area (TPSA) is 61.5 Å². The van der Waals surface area contributed by atoms with Gasteiger partial charge < -0.3 is 15.2 Å². The Bertz CT molecular complexity index is 172. The first-order chi connectivity index (χ1) is 6.26. The van der Waals surface area contributed by atoms with Crippen molar-refractivity contribution in [3.8, 4) is 0 Å². The first-order valence-corrected chi connectivity index (χ1v) is 4.73. The molecule has 0 radical (unpaired) electrons. The molecule has 2 unspecified atom stereocenters. The van der Waals surface area contributed by atoms with Gasteiger partial charge in [-0.05, 0) is 19.3 Å². The number of rotatable bonds is 4. The van der Waals surface area contributed by atoms with E-state index >= 15 is 0 Å². The minimum Gasteiger partial charge on any atom is -0.466 e. The second-order valence-electron chi connectivity index (χ2n) is 3.30. The highest BCUT2D eigenvalue weighted by molar-refractivity contribution is 5.69. The van der Waals surface area contributed by atoms with Crippen LogP contribution in [0.3, 0.4) is 0 Å². The summed E-state index contributed by atoms with van der Waals surface area (Å²) in [5.41, 5.74) is 5.44. The lowest BCUT2D eigenvalue weighted by Gasteiger charge is -2.06. The van der Waals surface area contributed by atoms with E-state index in [4.69, 9.17) is 15.2 Å². The van der Waals surface area contributed by atoms with E-state index in [2.05, 4.69) is 0 Å². The molecule has 0 aliphatic carbocycles. The van der Waals surface area contributed by atoms with Crippen LogP contribution in [0, 0.1) is 5.92 Å². The van der Waals surface area contributed by atoms with E-state index in [1.54, 1.807) is 0 Å². The molecule has 2 atom stereocenters. The number of esters is 1. The van der Waals surface area contributed by atoms with Gasteiger partial charge in [-0.15, -0.1) is 0 Å². The summed E-state index contributed by atoms with van der Waals surface area (Å²) in [7, 11) is 0. The highest BCUT2D eigenvalue weighted by atomic mass is 16.5. The summed E-state index contributed by atoms with van der Waals surface area (Å²) in [5.74, 6) is 0.168. The number of hydrogen-bond donors (Lipinski definition) is 1. The van der Waals surface area contributed by atoms with Crippen LogP contribution in [-0.2, 0) is 14.3 Å². The molecule has 1 heterocycles. The van der Waals surface area contributed by atoms with Crippen molar-refractivity contribution in [2.24, 2.45) is 11.7 Å². The first kappa shape index (κ1) is 10.5. The van der Waals surface area contributed by atoms with Gasteiger partial charge in [-0.25, -0.2) is 0 Å². The van der Waals surface area contributed by atoms with Crippen molar-refractivity contribution in [2.75, 3.05) is 19.8 Å². The molecule has 0 aromatic rings. The number of nitrogens with two attached hydrogens (primary N) is 1. The van der Waals surface area contributed by atoms with E-state index in [-0.39, 0.29) is 12.1 Å². The van der Waals surface area contributed by atoms with E-state index in [1.807, 2.05) is 6.92 Å². The molecule has 0 spiro atoms. The normalized spacial score (nSPS) is 27.5. The van der Waals surface area contributed by atoms with Crippen LogP contribution in [0.25, 0.3) is 0 Å². The molecular weight excluding hydrogens is 170 g/mol. The molecule has 0 aromatic carbocycles. The second kappa shape index (κ2) is 5.19. The summed E-state index contributed by atoms with van der Waals surface area (Å²) in [4.78, 5) is 11.1. The third-order valence-corrected chi connectivity index (χ3v) is 2.19. The van der Waals surface area contributed by atoms with Gasteiger partial charge in [0.2, 0.25) is 0 Å². The third kappa shape index (κ3) is 3.32. The Morgan fingerprint density at radius 1 is 1.69 bits per heavy atom. The molecule has 0 amide bonds. The average molecular weight is 187 g/mol. The lowest BCUT2D eigenvalue weighted by atomic mass is 10.0. The van der Waals surface area contributed by atoms with Gasteiger partial charge >= 0.3 is 5.97 Å². The van der Waals surface area contributed by atoms with Gasteiger partial charge in [0, 0.05) is 6.54 Å². The van der Waals surface area contributed by atoms with Crippen LogP contribution in [-0.4, -0.2) is 31.8 Å². The SMILES string of the molecule is CCOC(=O)CC1COC(CN)C1. The van der Waals surface area contributed by atoms with Gasteiger partial charge in [0.1, 0.15) is 0 Å². The van der Waals surface area contributed by atoms with Crippen LogP contribution >= 0.6 is 0 Å². The number of carbonyl (C=O) groups is 1. The maximum Gasteiger partial charge on any atom is 0.306 e. The van der Waals surface area contributed by atoms with Crippen molar-refractivity contribution < 1.29 is 14.3 Å². The minimum atomic E-state index is -0.131. The van der Waals surface area contributed by atoms with Crippen LogP contribution in [0.4, 0.5) is 0 Å². The summed E-state index contributed by atoms with van der Waals surface area (Å²) < 4.78 is 10.2. The smallest absolute Gasteiger partial charge is 0.306 e. The zero-order valence-electron chi connectivity index (χ0n) is 7.99. The largest absolute Gasteiger partial charge is 0.466 e. The molecule has 4 nitrogen and oxygen atoms in total. The molecule has 1 aliphatic heterocycles. The van der Waals surface area contributed by atoms with Crippen molar-refractivity contribution in [3.63, 3.8) is 0 Å². The maximum absolute atomic E-state index is 11.1. The maximum atomic E-state index is 11.1. The number of ether oxygens (including phenoxy) is 2. The predicted octanol–water partition coefficient (Wildman–Crippen LogP) is 0.303. The Morgan fingerprint density at radius 3 is 3.00 bits per heavy atom. The fourth-order valence-electron chi connectivity index (χ4n) is 1.54. The molecular formula is C9H17NO3. The van der Waals surface area contributed by atoms with E-state index in [0.717, 1.165) is 6.42 Å². The number of hydrogen-bond acceptors (Lipinski definition) is 4. The molecule has 76 valence electrons. The summed E-state index contributed by atoms with van der Waals surface area (Å²) in [6.07, 6.45) is 1.49. The summed E-state index contributed by atoms with van der Waals surface area (Å²) in [5, 5.41) is 0. The summed E-state index contributed by atoms with van der Waals surface area (Å²) >= 11 is 0. The predicted molar refractivity (Wildman–Crippen MR) is 48.2 cm³/mol. The highest BCUT2D eigenvalue weighted by Crippen LogP contribution is 2.22. The van der Waals surface area contributed by atoms with Crippen LogP contribution in [0.5, 0.6) is 0 Å². The summed E-state index contributed by atoms with van der Waals surface area (Å²) in [6, 6.07) is 0. The fraction of sp³-hybridized carbons (Fsp3) is 0.889. The average Bonchev–Trinajstić information content (AvgIpc) is 2.52. The monoisotopic (exact) mass is 187 g/mol. The standard InChI is InChI=1S/C9H17NO3/c1-2-12-9(11)4-7-3-8(5-10)13-6-7/h7-8H,2-6,10H2,1H3. The zero-order chi connectivity index (χ0) is 9.68. The van der Waals surface area contributed by atoms with Crippen molar-refractivity contribution in [3.05, 3.63) is 0 Å². The minimum absolute atomic E-state index is 0.131. The molecule has 1 aliphatic rings. The Kier molecular flexibility index (Phi) is 4.18. The van der Waals surface area contributed by atoms with Crippen molar-refractivity contribution in [2.45, 2.75) is 25.9 Å². The third-order valence-electron chi connectivity index (χ3n) is 2.19. The Balaban J connectivity index is 2.19. The van der Waals surface area contributed by atoms with Gasteiger partial charge in [-0.2, -0.15) is 0 Å². The quantitative estimate of drug-likeness (QED) is 0.643. The van der Waals surface area contributed by atoms with Crippen LogP contribution in [0.15, 0.2) is 0 Å². The van der Waals surface area contributed by atoms with Gasteiger partial charge in [-0.3, -0.25) is 4.79 Å². The van der Waals surface area contributed by atoms with E-state index in [9.17, 15) is 4.79 Å². The molecule has 4 heteroatoms. The fourth-order valence-corrected chi connectivity index (χ4v) is 1.54. The molecule has 13 heavy (non-hydrogen) atoms. The van der Waals surface area contributed by atoms with Gasteiger partial charge in [0.15, 0.2) is 0 Å². The zero-order valence-corrected chi connectivity index (χ0v) is 7.99. The second-order valence-corrected chi connectivity index (χ2v) is 3.30. The van der Waals surface area contributed by atoms with Crippen molar-refractivity contribution in [1.82, 2.24) is 0 Å². The molecule has 2 N–H and O–H groups in total. The van der Waals surface area contributed by atoms with Gasteiger partial charge in [0.05, 0.1) is 25.7 Å². The number of carbonyl (C=O) groups excluding carboxylic acids is 1. The molecule has 0 bridgehead atoms.